The maximum Gasteiger partial charge on any atom is 0.227 e. The predicted molar refractivity (Wildman–Crippen MR) is 169 cm³/mol. The zero-order valence-corrected chi connectivity index (χ0v) is 24.1. The van der Waals surface area contributed by atoms with Gasteiger partial charge >= 0.3 is 0 Å². The first-order valence-electron chi connectivity index (χ1n) is 14.2. The van der Waals surface area contributed by atoms with Crippen molar-refractivity contribution >= 4 is 17.3 Å². The van der Waals surface area contributed by atoms with Crippen LogP contribution in [0.4, 0.5) is 11.6 Å². The smallest absolute Gasteiger partial charge is 0.227 e. The number of benzene rings is 3. The van der Waals surface area contributed by atoms with E-state index in [1.165, 1.54) is 5.56 Å². The molecule has 210 valence electrons. The minimum atomic E-state index is -0.0524. The summed E-state index contributed by atoms with van der Waals surface area (Å²) in [5, 5.41) is 3.40. The standard InChI is InChI=1S/C35H34N6O/c1-25(27-11-5-4-6-12-27)42-30-17-15-28(16-18-30)33-34(41-22-8-7-14-32(41)39-33)31-19-21-36-35(38-31)37-29-13-9-10-26(24-29)20-23-40(2)3/h4-19,21-22,24-25H,20,23H2,1-3H3,(H,36,37,38). The summed E-state index contributed by atoms with van der Waals surface area (Å²) in [5.74, 6) is 1.34. The Bertz CT molecular complexity index is 1780. The fourth-order valence-corrected chi connectivity index (χ4v) is 4.97. The Morgan fingerprint density at radius 1 is 0.857 bits per heavy atom. The lowest BCUT2D eigenvalue weighted by atomic mass is 10.1. The zero-order chi connectivity index (χ0) is 28.9. The van der Waals surface area contributed by atoms with Gasteiger partial charge in [-0.1, -0.05) is 48.5 Å². The molecule has 0 saturated heterocycles. The molecule has 0 bridgehead atoms. The Labute approximate surface area is 246 Å². The molecule has 0 amide bonds. The van der Waals surface area contributed by atoms with Crippen molar-refractivity contribution in [3.05, 3.63) is 127 Å². The van der Waals surface area contributed by atoms with E-state index in [9.17, 15) is 0 Å². The van der Waals surface area contributed by atoms with E-state index in [4.69, 9.17) is 14.7 Å². The van der Waals surface area contributed by atoms with Gasteiger partial charge in [-0.15, -0.1) is 0 Å². The average molecular weight is 555 g/mol. The second-order valence-electron chi connectivity index (χ2n) is 10.6. The first-order valence-corrected chi connectivity index (χ1v) is 14.2. The molecule has 6 rings (SSSR count). The second kappa shape index (κ2) is 12.2. The van der Waals surface area contributed by atoms with Gasteiger partial charge in [-0.3, -0.25) is 4.40 Å². The van der Waals surface area contributed by atoms with Crippen LogP contribution in [0.3, 0.4) is 0 Å². The van der Waals surface area contributed by atoms with E-state index in [0.717, 1.165) is 58.3 Å². The first-order chi connectivity index (χ1) is 20.5. The lowest BCUT2D eigenvalue weighted by Crippen LogP contribution is -2.15. The lowest BCUT2D eigenvalue weighted by Gasteiger charge is -2.15. The van der Waals surface area contributed by atoms with Gasteiger partial charge in [0.25, 0.3) is 0 Å². The highest BCUT2D eigenvalue weighted by Gasteiger charge is 2.18. The van der Waals surface area contributed by atoms with Crippen LogP contribution < -0.4 is 10.1 Å². The number of hydrogen-bond donors (Lipinski definition) is 1. The Balaban J connectivity index is 1.29. The molecule has 1 unspecified atom stereocenters. The van der Waals surface area contributed by atoms with Gasteiger partial charge in [0.05, 0.1) is 17.1 Å². The number of ether oxygens (including phenoxy) is 1. The summed E-state index contributed by atoms with van der Waals surface area (Å²) in [6, 6.07) is 34.7. The Morgan fingerprint density at radius 2 is 1.67 bits per heavy atom. The summed E-state index contributed by atoms with van der Waals surface area (Å²) < 4.78 is 8.29. The SMILES string of the molecule is CC(Oc1ccc(-c2nc3ccccn3c2-c2ccnc(Nc3cccc(CCN(C)C)c3)n2)cc1)c1ccccc1. The van der Waals surface area contributed by atoms with E-state index in [2.05, 4.69) is 83.1 Å². The van der Waals surface area contributed by atoms with Crippen molar-refractivity contribution in [3.8, 4) is 28.4 Å². The van der Waals surface area contributed by atoms with Crippen LogP contribution in [0.2, 0.25) is 0 Å². The first kappa shape index (κ1) is 27.2. The van der Waals surface area contributed by atoms with Gasteiger partial charge < -0.3 is 15.0 Å². The van der Waals surface area contributed by atoms with Crippen molar-refractivity contribution in [2.45, 2.75) is 19.4 Å². The van der Waals surface area contributed by atoms with Crippen molar-refractivity contribution in [1.82, 2.24) is 24.3 Å². The number of nitrogens with zero attached hydrogens (tertiary/aromatic N) is 5. The third kappa shape index (κ3) is 6.16. The van der Waals surface area contributed by atoms with Crippen molar-refractivity contribution in [1.29, 1.82) is 0 Å². The molecule has 0 spiro atoms. The minimum absolute atomic E-state index is 0.0524. The quantitative estimate of drug-likeness (QED) is 0.190. The number of anilines is 2. The summed E-state index contributed by atoms with van der Waals surface area (Å²) in [6.07, 6.45) is 4.73. The molecule has 6 aromatic rings. The molecule has 42 heavy (non-hydrogen) atoms. The van der Waals surface area contributed by atoms with E-state index in [1.54, 1.807) is 6.20 Å². The van der Waals surface area contributed by atoms with E-state index >= 15 is 0 Å². The zero-order valence-electron chi connectivity index (χ0n) is 24.1. The second-order valence-corrected chi connectivity index (χ2v) is 10.6. The van der Waals surface area contributed by atoms with Crippen molar-refractivity contribution in [2.75, 3.05) is 26.0 Å². The highest BCUT2D eigenvalue weighted by molar-refractivity contribution is 5.81. The molecular weight excluding hydrogens is 520 g/mol. The molecule has 3 aromatic heterocycles. The molecule has 3 heterocycles. The fourth-order valence-electron chi connectivity index (χ4n) is 4.97. The molecule has 7 heteroatoms. The summed E-state index contributed by atoms with van der Waals surface area (Å²) in [7, 11) is 4.18. The van der Waals surface area contributed by atoms with Crippen LogP contribution in [0.15, 0.2) is 116 Å². The highest BCUT2D eigenvalue weighted by Crippen LogP contribution is 2.34. The van der Waals surface area contributed by atoms with Gasteiger partial charge in [0.1, 0.15) is 17.5 Å². The van der Waals surface area contributed by atoms with Gasteiger partial charge in [-0.2, -0.15) is 0 Å². The number of hydrogen-bond acceptors (Lipinski definition) is 6. The molecule has 3 aromatic carbocycles. The van der Waals surface area contributed by atoms with E-state index in [0.29, 0.717) is 5.95 Å². The van der Waals surface area contributed by atoms with Crippen molar-refractivity contribution in [2.24, 2.45) is 0 Å². The number of fused-ring (bicyclic) bond motifs is 1. The van der Waals surface area contributed by atoms with Gasteiger partial charge in [0.2, 0.25) is 5.95 Å². The Kier molecular flexibility index (Phi) is 7.92. The normalized spacial score (nSPS) is 12.0. The Hall–Kier alpha value is -5.01. The topological polar surface area (TPSA) is 67.6 Å². The molecule has 1 atom stereocenters. The van der Waals surface area contributed by atoms with Gasteiger partial charge in [-0.05, 0) is 93.2 Å². The van der Waals surface area contributed by atoms with E-state index in [-0.39, 0.29) is 6.10 Å². The summed E-state index contributed by atoms with van der Waals surface area (Å²) in [6.45, 7) is 3.05. The minimum Gasteiger partial charge on any atom is -0.486 e. The predicted octanol–water partition coefficient (Wildman–Crippen LogP) is 7.45. The fraction of sp³-hybridized carbons (Fsp3) is 0.171. The van der Waals surface area contributed by atoms with Crippen molar-refractivity contribution in [3.63, 3.8) is 0 Å². The summed E-state index contributed by atoms with van der Waals surface area (Å²) in [5.41, 5.74) is 7.72. The molecule has 1 N–H and O–H groups in total. The molecule has 0 aliphatic heterocycles. The van der Waals surface area contributed by atoms with Crippen LogP contribution in [-0.4, -0.2) is 44.9 Å². The number of imidazole rings is 1. The molecule has 0 fully saturated rings. The van der Waals surface area contributed by atoms with Crippen LogP contribution in [0, 0.1) is 0 Å². The lowest BCUT2D eigenvalue weighted by molar-refractivity contribution is 0.227. The number of nitrogens with one attached hydrogen (secondary N) is 1. The van der Waals surface area contributed by atoms with E-state index in [1.807, 2.05) is 66.9 Å². The maximum absolute atomic E-state index is 6.22. The van der Waals surface area contributed by atoms with Crippen LogP contribution in [0.5, 0.6) is 5.75 Å². The largest absolute Gasteiger partial charge is 0.486 e. The maximum atomic E-state index is 6.22. The van der Waals surface area contributed by atoms with Gasteiger partial charge in [0.15, 0.2) is 0 Å². The molecule has 0 saturated carbocycles. The number of likely N-dealkylation sites (N-methyl/N-ethyl adjacent to an activating group) is 1. The third-order valence-corrected chi connectivity index (χ3v) is 7.17. The average Bonchev–Trinajstić information content (AvgIpc) is 3.41. The Morgan fingerprint density at radius 3 is 2.48 bits per heavy atom. The monoisotopic (exact) mass is 554 g/mol. The molecule has 0 radical (unpaired) electrons. The third-order valence-electron chi connectivity index (χ3n) is 7.17. The molecule has 7 nitrogen and oxygen atoms in total. The molecule has 0 aliphatic carbocycles. The van der Waals surface area contributed by atoms with Crippen LogP contribution >= 0.6 is 0 Å². The van der Waals surface area contributed by atoms with Gasteiger partial charge in [-0.25, -0.2) is 15.0 Å². The van der Waals surface area contributed by atoms with E-state index < -0.39 is 0 Å². The number of pyridine rings is 1. The molecular formula is C35H34N6O. The van der Waals surface area contributed by atoms with Crippen LogP contribution in [0.1, 0.15) is 24.2 Å². The molecule has 0 aliphatic rings. The highest BCUT2D eigenvalue weighted by atomic mass is 16.5. The van der Waals surface area contributed by atoms with Crippen LogP contribution in [0.25, 0.3) is 28.3 Å². The summed E-state index contributed by atoms with van der Waals surface area (Å²) >= 11 is 0. The van der Waals surface area contributed by atoms with Crippen LogP contribution in [-0.2, 0) is 6.42 Å². The van der Waals surface area contributed by atoms with Crippen molar-refractivity contribution < 1.29 is 4.74 Å². The number of aromatic nitrogens is 4. The van der Waals surface area contributed by atoms with Gasteiger partial charge in [0, 0.05) is 30.2 Å². The number of rotatable bonds is 10. The summed E-state index contributed by atoms with van der Waals surface area (Å²) in [4.78, 5) is 16.6.